The molecule has 0 aliphatic heterocycles. The van der Waals surface area contributed by atoms with Gasteiger partial charge in [0.25, 0.3) is 0 Å². The molecule has 11 heavy (non-hydrogen) atoms. The predicted molar refractivity (Wildman–Crippen MR) is 38.4 cm³/mol. The highest BCUT2D eigenvalue weighted by Gasteiger charge is 2.02. The SMILES string of the molecule is COc1cc(N=O)ccc1F. The molecule has 0 saturated carbocycles. The molecule has 0 N–H and O–H groups in total. The zero-order valence-corrected chi connectivity index (χ0v) is 5.87. The molecule has 0 unspecified atom stereocenters. The summed E-state index contributed by atoms with van der Waals surface area (Å²) in [5.74, 6) is -0.470. The van der Waals surface area contributed by atoms with E-state index in [-0.39, 0.29) is 11.4 Å². The number of methoxy groups -OCH3 is 1. The summed E-state index contributed by atoms with van der Waals surface area (Å²) in [5.41, 5.74) is 0.156. The van der Waals surface area contributed by atoms with Crippen LogP contribution in [0.15, 0.2) is 23.4 Å². The second-order valence-corrected chi connectivity index (χ2v) is 1.91. The van der Waals surface area contributed by atoms with Crippen LogP contribution in [0.4, 0.5) is 10.1 Å². The number of nitroso groups, excluding NO2 is 1. The Hall–Kier alpha value is -1.45. The molecule has 0 aliphatic carbocycles. The molecule has 0 spiro atoms. The first kappa shape index (κ1) is 7.65. The van der Waals surface area contributed by atoms with Crippen LogP contribution in [0, 0.1) is 10.7 Å². The molecule has 1 rings (SSSR count). The van der Waals surface area contributed by atoms with E-state index in [1.54, 1.807) is 0 Å². The van der Waals surface area contributed by atoms with Crippen molar-refractivity contribution in [2.75, 3.05) is 7.11 Å². The first-order valence-electron chi connectivity index (χ1n) is 2.95. The Morgan fingerprint density at radius 2 is 2.27 bits per heavy atom. The molecule has 0 saturated heterocycles. The van der Waals surface area contributed by atoms with Crippen molar-refractivity contribution in [2.24, 2.45) is 5.18 Å². The van der Waals surface area contributed by atoms with Crippen LogP contribution in [0.3, 0.4) is 0 Å². The lowest BCUT2D eigenvalue weighted by Gasteiger charge is -1.99. The lowest BCUT2D eigenvalue weighted by Crippen LogP contribution is -1.85. The van der Waals surface area contributed by atoms with Crippen molar-refractivity contribution >= 4 is 5.69 Å². The van der Waals surface area contributed by atoms with Gasteiger partial charge >= 0.3 is 0 Å². The molecular weight excluding hydrogens is 149 g/mol. The summed E-state index contributed by atoms with van der Waals surface area (Å²) in [4.78, 5) is 9.96. The van der Waals surface area contributed by atoms with E-state index < -0.39 is 5.82 Å². The third kappa shape index (κ3) is 1.52. The first-order chi connectivity index (χ1) is 5.27. The van der Waals surface area contributed by atoms with Crippen LogP contribution in [-0.2, 0) is 0 Å². The summed E-state index contributed by atoms with van der Waals surface area (Å²) in [5, 5.41) is 2.62. The van der Waals surface area contributed by atoms with E-state index in [0.717, 1.165) is 6.07 Å². The van der Waals surface area contributed by atoms with Crippen molar-refractivity contribution in [2.45, 2.75) is 0 Å². The van der Waals surface area contributed by atoms with Crippen molar-refractivity contribution in [3.63, 3.8) is 0 Å². The molecule has 4 heteroatoms. The van der Waals surface area contributed by atoms with E-state index in [4.69, 9.17) is 0 Å². The molecule has 0 fully saturated rings. The maximum absolute atomic E-state index is 12.6. The van der Waals surface area contributed by atoms with Gasteiger partial charge in [-0.3, -0.25) is 0 Å². The lowest BCUT2D eigenvalue weighted by atomic mass is 10.3. The second kappa shape index (κ2) is 3.09. The summed E-state index contributed by atoms with van der Waals surface area (Å²) in [7, 11) is 1.33. The van der Waals surface area contributed by atoms with Gasteiger partial charge in [-0.25, -0.2) is 4.39 Å². The highest BCUT2D eigenvalue weighted by Crippen LogP contribution is 2.22. The minimum atomic E-state index is -0.500. The van der Waals surface area contributed by atoms with Crippen LogP contribution in [0.2, 0.25) is 0 Å². The van der Waals surface area contributed by atoms with E-state index in [1.165, 1.54) is 19.2 Å². The smallest absolute Gasteiger partial charge is 0.165 e. The van der Waals surface area contributed by atoms with Gasteiger partial charge in [-0.15, -0.1) is 4.91 Å². The molecule has 0 bridgehead atoms. The van der Waals surface area contributed by atoms with Gasteiger partial charge in [0, 0.05) is 6.07 Å². The Bertz CT molecular complexity index is 275. The van der Waals surface area contributed by atoms with E-state index in [2.05, 4.69) is 9.91 Å². The molecule has 0 atom stereocenters. The zero-order chi connectivity index (χ0) is 8.27. The Balaban J connectivity index is 3.12. The average Bonchev–Trinajstić information content (AvgIpc) is 2.05. The highest BCUT2D eigenvalue weighted by molar-refractivity contribution is 5.43. The average molecular weight is 155 g/mol. The Kier molecular flexibility index (Phi) is 2.15. The van der Waals surface area contributed by atoms with Gasteiger partial charge in [0.1, 0.15) is 5.69 Å². The number of halogens is 1. The van der Waals surface area contributed by atoms with E-state index in [1.807, 2.05) is 0 Å². The molecule has 0 heterocycles. The highest BCUT2D eigenvalue weighted by atomic mass is 19.1. The molecule has 0 radical (unpaired) electrons. The Labute approximate surface area is 62.8 Å². The van der Waals surface area contributed by atoms with E-state index in [0.29, 0.717) is 0 Å². The third-order valence-electron chi connectivity index (χ3n) is 1.24. The van der Waals surface area contributed by atoms with Gasteiger partial charge in [-0.05, 0) is 17.3 Å². The number of hydrogen-bond donors (Lipinski definition) is 0. The summed E-state index contributed by atoms with van der Waals surface area (Å²) < 4.78 is 17.3. The first-order valence-corrected chi connectivity index (χ1v) is 2.95. The second-order valence-electron chi connectivity index (χ2n) is 1.91. The largest absolute Gasteiger partial charge is 0.494 e. The van der Waals surface area contributed by atoms with Crippen molar-refractivity contribution < 1.29 is 9.13 Å². The van der Waals surface area contributed by atoms with E-state index >= 15 is 0 Å². The topological polar surface area (TPSA) is 38.7 Å². The fourth-order valence-electron chi connectivity index (χ4n) is 0.705. The van der Waals surface area contributed by atoms with E-state index in [9.17, 15) is 9.30 Å². The van der Waals surface area contributed by atoms with Gasteiger partial charge < -0.3 is 4.74 Å². The van der Waals surface area contributed by atoms with Crippen LogP contribution in [0.1, 0.15) is 0 Å². The fraction of sp³-hybridized carbons (Fsp3) is 0.143. The van der Waals surface area contributed by atoms with Crippen LogP contribution in [-0.4, -0.2) is 7.11 Å². The summed E-state index contributed by atoms with van der Waals surface area (Å²) in [6, 6.07) is 3.66. The maximum atomic E-state index is 12.6. The number of hydrogen-bond acceptors (Lipinski definition) is 3. The third-order valence-corrected chi connectivity index (χ3v) is 1.24. The zero-order valence-electron chi connectivity index (χ0n) is 5.87. The molecule has 0 amide bonds. The molecule has 3 nitrogen and oxygen atoms in total. The standard InChI is InChI=1S/C7H6FNO2/c1-11-7-4-5(9-10)2-3-6(7)8/h2-4H,1H3. The van der Waals surface area contributed by atoms with Crippen molar-refractivity contribution in [1.82, 2.24) is 0 Å². The van der Waals surface area contributed by atoms with Gasteiger partial charge in [0.15, 0.2) is 11.6 Å². The Morgan fingerprint density at radius 3 is 2.82 bits per heavy atom. The number of rotatable bonds is 2. The molecule has 0 aromatic heterocycles. The molecule has 58 valence electrons. The Morgan fingerprint density at radius 1 is 1.55 bits per heavy atom. The normalized spacial score (nSPS) is 9.27. The minimum Gasteiger partial charge on any atom is -0.494 e. The molecule has 1 aromatic carbocycles. The summed E-state index contributed by atoms with van der Waals surface area (Å²) in [6.07, 6.45) is 0. The van der Waals surface area contributed by atoms with Crippen molar-refractivity contribution in [3.05, 3.63) is 28.9 Å². The monoisotopic (exact) mass is 155 g/mol. The molecular formula is C7H6FNO2. The predicted octanol–water partition coefficient (Wildman–Crippen LogP) is 2.23. The van der Waals surface area contributed by atoms with Crippen LogP contribution >= 0.6 is 0 Å². The number of benzene rings is 1. The minimum absolute atomic E-state index is 0.0297. The van der Waals surface area contributed by atoms with Crippen molar-refractivity contribution in [1.29, 1.82) is 0 Å². The number of ether oxygens (including phenoxy) is 1. The molecule has 1 aromatic rings. The van der Waals surface area contributed by atoms with Gasteiger partial charge in [0.05, 0.1) is 7.11 Å². The van der Waals surface area contributed by atoms with Crippen molar-refractivity contribution in [3.8, 4) is 5.75 Å². The summed E-state index contributed by atoms with van der Waals surface area (Å²) in [6.45, 7) is 0. The van der Waals surface area contributed by atoms with Gasteiger partial charge in [-0.2, -0.15) is 0 Å². The maximum Gasteiger partial charge on any atom is 0.165 e. The fourth-order valence-corrected chi connectivity index (χ4v) is 0.705. The number of nitrogens with zero attached hydrogens (tertiary/aromatic N) is 1. The molecule has 0 aliphatic rings. The quantitative estimate of drug-likeness (QED) is 0.614. The van der Waals surface area contributed by atoms with Gasteiger partial charge in [0.2, 0.25) is 0 Å². The van der Waals surface area contributed by atoms with Gasteiger partial charge in [-0.1, -0.05) is 0 Å². The van der Waals surface area contributed by atoms with Crippen LogP contribution < -0.4 is 4.74 Å². The van der Waals surface area contributed by atoms with Crippen LogP contribution in [0.25, 0.3) is 0 Å². The van der Waals surface area contributed by atoms with Crippen LogP contribution in [0.5, 0.6) is 5.75 Å². The summed E-state index contributed by atoms with van der Waals surface area (Å²) >= 11 is 0. The lowest BCUT2D eigenvalue weighted by molar-refractivity contribution is 0.387.